The molecule has 0 fully saturated rings. The maximum absolute atomic E-state index is 4.58. The van der Waals surface area contributed by atoms with Crippen LogP contribution in [0.3, 0.4) is 0 Å². The molecule has 8 nitrogen and oxygen atoms in total. The minimum absolute atomic E-state index is 0.599. The second-order valence-electron chi connectivity index (χ2n) is 4.91. The molecule has 0 saturated heterocycles. The van der Waals surface area contributed by atoms with Crippen molar-refractivity contribution in [3.8, 4) is 0 Å². The van der Waals surface area contributed by atoms with E-state index in [0.29, 0.717) is 5.95 Å². The fourth-order valence-electron chi connectivity index (χ4n) is 2.25. The molecule has 3 rings (SSSR count). The molecule has 3 aromatic heterocycles. The molecular weight excluding hydrogens is 268 g/mol. The zero-order valence-electron chi connectivity index (χ0n) is 12.3. The van der Waals surface area contributed by atoms with Crippen molar-refractivity contribution in [2.45, 2.75) is 13.5 Å². The second kappa shape index (κ2) is 5.39. The maximum Gasteiger partial charge on any atom is 0.226 e. The van der Waals surface area contributed by atoms with Crippen LogP contribution >= 0.6 is 0 Å². The second-order valence-corrected chi connectivity index (χ2v) is 4.91. The summed E-state index contributed by atoms with van der Waals surface area (Å²) in [5, 5.41) is 15.2. The summed E-state index contributed by atoms with van der Waals surface area (Å²) in [4.78, 5) is 11.0. The van der Waals surface area contributed by atoms with E-state index in [1.54, 1.807) is 10.9 Å². The van der Waals surface area contributed by atoms with E-state index in [9.17, 15) is 0 Å². The van der Waals surface area contributed by atoms with E-state index in [1.165, 1.54) is 0 Å². The average Bonchev–Trinajstić information content (AvgIpc) is 3.07. The lowest BCUT2D eigenvalue weighted by atomic mass is 10.3. The first kappa shape index (κ1) is 13.3. The van der Waals surface area contributed by atoms with Crippen LogP contribution < -0.4 is 10.2 Å². The summed E-state index contributed by atoms with van der Waals surface area (Å²) in [6.07, 6.45) is 5.60. The maximum atomic E-state index is 4.58. The summed E-state index contributed by atoms with van der Waals surface area (Å²) in [6.45, 7) is 3.50. The van der Waals surface area contributed by atoms with Gasteiger partial charge in [0.25, 0.3) is 0 Å². The first-order chi connectivity index (χ1) is 10.2. The number of H-pyrrole nitrogens is 1. The number of fused-ring (bicyclic) bond motifs is 1. The molecule has 0 aliphatic carbocycles. The highest BCUT2D eigenvalue weighted by molar-refractivity contribution is 5.87. The minimum Gasteiger partial charge on any atom is -0.354 e. The number of aromatic amines is 1. The summed E-state index contributed by atoms with van der Waals surface area (Å²) < 4.78 is 1.79. The van der Waals surface area contributed by atoms with Crippen molar-refractivity contribution in [2.75, 3.05) is 23.8 Å². The lowest BCUT2D eigenvalue weighted by Gasteiger charge is -2.18. The smallest absolute Gasteiger partial charge is 0.226 e. The predicted molar refractivity (Wildman–Crippen MR) is 81.2 cm³/mol. The van der Waals surface area contributed by atoms with Crippen LogP contribution in [0.2, 0.25) is 0 Å². The molecule has 0 amide bonds. The van der Waals surface area contributed by atoms with Crippen LogP contribution in [-0.4, -0.2) is 43.5 Å². The van der Waals surface area contributed by atoms with Gasteiger partial charge in [0.1, 0.15) is 5.82 Å². The van der Waals surface area contributed by atoms with Crippen LogP contribution in [0.1, 0.15) is 12.5 Å². The van der Waals surface area contributed by atoms with E-state index < -0.39 is 0 Å². The molecule has 0 saturated carbocycles. The van der Waals surface area contributed by atoms with Gasteiger partial charge in [0.2, 0.25) is 5.95 Å². The van der Waals surface area contributed by atoms with Gasteiger partial charge < -0.3 is 10.2 Å². The monoisotopic (exact) mass is 286 g/mol. The number of anilines is 2. The molecule has 3 heterocycles. The van der Waals surface area contributed by atoms with Gasteiger partial charge >= 0.3 is 0 Å². The number of aromatic nitrogens is 6. The van der Waals surface area contributed by atoms with Gasteiger partial charge in [0.05, 0.1) is 17.8 Å². The molecule has 21 heavy (non-hydrogen) atoms. The van der Waals surface area contributed by atoms with Crippen LogP contribution in [0, 0.1) is 0 Å². The third-order valence-corrected chi connectivity index (χ3v) is 3.16. The SMILES string of the molecule is CCNc1nc(N(C)Cc2cnn(C)c2)c2cn[nH]c2n1. The fraction of sp³-hybridized carbons (Fsp3) is 0.385. The van der Waals surface area contributed by atoms with E-state index in [0.717, 1.165) is 35.5 Å². The zero-order chi connectivity index (χ0) is 14.8. The normalized spacial score (nSPS) is 11.0. The fourth-order valence-corrected chi connectivity index (χ4v) is 2.25. The van der Waals surface area contributed by atoms with Gasteiger partial charge in [-0.1, -0.05) is 0 Å². The Labute approximate surface area is 122 Å². The molecule has 3 aromatic rings. The van der Waals surface area contributed by atoms with E-state index in [4.69, 9.17) is 0 Å². The van der Waals surface area contributed by atoms with E-state index in [-0.39, 0.29) is 0 Å². The van der Waals surface area contributed by atoms with Gasteiger partial charge in [0.15, 0.2) is 5.65 Å². The lowest BCUT2D eigenvalue weighted by molar-refractivity contribution is 0.766. The van der Waals surface area contributed by atoms with Crippen molar-refractivity contribution in [1.29, 1.82) is 0 Å². The Bertz CT molecular complexity index is 744. The molecule has 0 unspecified atom stereocenters. The molecule has 0 aliphatic heterocycles. The Morgan fingerprint density at radius 1 is 1.33 bits per heavy atom. The van der Waals surface area contributed by atoms with Crippen molar-refractivity contribution in [1.82, 2.24) is 29.9 Å². The lowest BCUT2D eigenvalue weighted by Crippen LogP contribution is -2.19. The van der Waals surface area contributed by atoms with Crippen molar-refractivity contribution < 1.29 is 0 Å². The van der Waals surface area contributed by atoms with Crippen molar-refractivity contribution >= 4 is 22.8 Å². The minimum atomic E-state index is 0.599. The quantitative estimate of drug-likeness (QED) is 0.731. The summed E-state index contributed by atoms with van der Waals surface area (Å²) in [7, 11) is 3.91. The van der Waals surface area contributed by atoms with Crippen LogP contribution in [0.25, 0.3) is 11.0 Å². The topological polar surface area (TPSA) is 87.5 Å². The number of nitrogens with zero attached hydrogens (tertiary/aromatic N) is 6. The van der Waals surface area contributed by atoms with Gasteiger partial charge in [-0.2, -0.15) is 20.2 Å². The first-order valence-corrected chi connectivity index (χ1v) is 6.81. The summed E-state index contributed by atoms with van der Waals surface area (Å²) in [5.74, 6) is 1.44. The largest absolute Gasteiger partial charge is 0.354 e. The molecule has 0 spiro atoms. The molecule has 0 atom stereocenters. The summed E-state index contributed by atoms with van der Waals surface area (Å²) in [5.41, 5.74) is 1.86. The summed E-state index contributed by atoms with van der Waals surface area (Å²) in [6, 6.07) is 0. The molecule has 8 heteroatoms. The molecule has 0 radical (unpaired) electrons. The Morgan fingerprint density at radius 3 is 2.90 bits per heavy atom. The molecule has 2 N–H and O–H groups in total. The van der Waals surface area contributed by atoms with Crippen LogP contribution in [0.5, 0.6) is 0 Å². The third-order valence-electron chi connectivity index (χ3n) is 3.16. The van der Waals surface area contributed by atoms with Crippen LogP contribution in [-0.2, 0) is 13.6 Å². The van der Waals surface area contributed by atoms with Crippen molar-refractivity contribution in [2.24, 2.45) is 7.05 Å². The highest BCUT2D eigenvalue weighted by Gasteiger charge is 2.13. The van der Waals surface area contributed by atoms with Gasteiger partial charge in [-0.15, -0.1) is 0 Å². The van der Waals surface area contributed by atoms with E-state index in [2.05, 4.69) is 35.5 Å². The number of nitrogens with one attached hydrogen (secondary N) is 2. The Balaban J connectivity index is 1.95. The molecule has 0 aliphatic rings. The van der Waals surface area contributed by atoms with Gasteiger partial charge in [-0.25, -0.2) is 0 Å². The van der Waals surface area contributed by atoms with Gasteiger partial charge in [-0.05, 0) is 6.92 Å². The average molecular weight is 286 g/mol. The predicted octanol–water partition coefficient (Wildman–Crippen LogP) is 1.15. The van der Waals surface area contributed by atoms with Crippen LogP contribution in [0.4, 0.5) is 11.8 Å². The Morgan fingerprint density at radius 2 is 2.19 bits per heavy atom. The third kappa shape index (κ3) is 2.64. The molecule has 110 valence electrons. The standard InChI is InChI=1S/C13H18N8/c1-4-14-13-17-11-10(6-15-19-11)12(18-13)20(2)7-9-5-16-21(3)8-9/h5-6,8H,4,7H2,1-3H3,(H2,14,15,17,18,19). The van der Waals surface area contributed by atoms with E-state index in [1.807, 2.05) is 33.4 Å². The highest BCUT2D eigenvalue weighted by Crippen LogP contribution is 2.24. The number of hydrogen-bond donors (Lipinski definition) is 2. The van der Waals surface area contributed by atoms with Gasteiger partial charge in [-0.3, -0.25) is 9.78 Å². The molecular formula is C13H18N8. The summed E-state index contributed by atoms with van der Waals surface area (Å²) >= 11 is 0. The van der Waals surface area contributed by atoms with Crippen molar-refractivity contribution in [3.63, 3.8) is 0 Å². The number of hydrogen-bond acceptors (Lipinski definition) is 6. The van der Waals surface area contributed by atoms with E-state index >= 15 is 0 Å². The number of rotatable bonds is 5. The number of aryl methyl sites for hydroxylation is 1. The van der Waals surface area contributed by atoms with Crippen LogP contribution in [0.15, 0.2) is 18.6 Å². The first-order valence-electron chi connectivity index (χ1n) is 6.81. The Kier molecular flexibility index (Phi) is 3.43. The Hall–Kier alpha value is -2.64. The molecule has 0 bridgehead atoms. The molecule has 0 aromatic carbocycles. The zero-order valence-corrected chi connectivity index (χ0v) is 12.3. The highest BCUT2D eigenvalue weighted by atomic mass is 15.3. The van der Waals surface area contributed by atoms with Crippen molar-refractivity contribution in [3.05, 3.63) is 24.2 Å². The van der Waals surface area contributed by atoms with Gasteiger partial charge in [0, 0.05) is 38.9 Å².